The lowest BCUT2D eigenvalue weighted by Crippen LogP contribution is -2.39. The number of phenols is 1. The molecule has 1 aromatic heterocycles. The standard InChI is InChI=1S/C15H19NO/c1-4-11-10-12-8-7-9-14(17)15(12)16(6-3)13(11)5-2/h7-10H,4-6H2,1-3H3/p+1. The first-order chi connectivity index (χ1) is 8.22. The number of aromatic nitrogens is 1. The Morgan fingerprint density at radius 1 is 1.12 bits per heavy atom. The lowest BCUT2D eigenvalue weighted by Gasteiger charge is -2.09. The van der Waals surface area contributed by atoms with Crippen LogP contribution in [0.25, 0.3) is 10.9 Å². The van der Waals surface area contributed by atoms with Crippen LogP contribution in [0.15, 0.2) is 24.3 Å². The van der Waals surface area contributed by atoms with Crippen LogP contribution in [-0.2, 0) is 19.4 Å². The van der Waals surface area contributed by atoms with E-state index in [4.69, 9.17) is 0 Å². The summed E-state index contributed by atoms with van der Waals surface area (Å²) in [4.78, 5) is 0. The van der Waals surface area contributed by atoms with E-state index in [0.29, 0.717) is 5.75 Å². The van der Waals surface area contributed by atoms with Crippen LogP contribution in [0.3, 0.4) is 0 Å². The van der Waals surface area contributed by atoms with E-state index in [9.17, 15) is 5.11 Å². The molecule has 2 aromatic rings. The van der Waals surface area contributed by atoms with Crippen LogP contribution >= 0.6 is 0 Å². The van der Waals surface area contributed by atoms with Crippen molar-refractivity contribution in [2.75, 3.05) is 0 Å². The van der Waals surface area contributed by atoms with E-state index in [2.05, 4.69) is 37.5 Å². The van der Waals surface area contributed by atoms with Gasteiger partial charge in [-0.1, -0.05) is 19.9 Å². The van der Waals surface area contributed by atoms with Gasteiger partial charge in [0.25, 0.3) is 5.52 Å². The highest BCUT2D eigenvalue weighted by molar-refractivity contribution is 5.81. The number of aromatic hydroxyl groups is 1. The molecule has 0 aliphatic carbocycles. The van der Waals surface area contributed by atoms with Crippen LogP contribution < -0.4 is 4.57 Å². The molecule has 0 amide bonds. The van der Waals surface area contributed by atoms with Crippen LogP contribution in [0, 0.1) is 0 Å². The first-order valence-electron chi connectivity index (χ1n) is 6.39. The Labute approximate surface area is 103 Å². The van der Waals surface area contributed by atoms with Crippen molar-refractivity contribution in [1.82, 2.24) is 0 Å². The number of pyridine rings is 1. The predicted molar refractivity (Wildman–Crippen MR) is 70.2 cm³/mol. The molecule has 1 aromatic carbocycles. The molecular formula is C15H20NO+. The molecule has 0 saturated heterocycles. The number of phenolic OH excluding ortho intramolecular Hbond substituents is 1. The molecule has 2 rings (SSSR count). The van der Waals surface area contributed by atoms with Gasteiger partial charge < -0.3 is 5.11 Å². The average Bonchev–Trinajstić information content (AvgIpc) is 2.36. The molecule has 0 spiro atoms. The second-order valence-corrected chi connectivity index (χ2v) is 4.28. The van der Waals surface area contributed by atoms with Crippen molar-refractivity contribution >= 4 is 10.9 Å². The van der Waals surface area contributed by atoms with Crippen molar-refractivity contribution in [3.05, 3.63) is 35.5 Å². The van der Waals surface area contributed by atoms with Crippen molar-refractivity contribution in [1.29, 1.82) is 0 Å². The lowest BCUT2D eigenvalue weighted by atomic mass is 10.0. The van der Waals surface area contributed by atoms with Gasteiger partial charge in [0.05, 0.1) is 5.39 Å². The molecular weight excluding hydrogens is 210 g/mol. The van der Waals surface area contributed by atoms with Gasteiger partial charge in [-0.25, -0.2) is 0 Å². The van der Waals surface area contributed by atoms with Gasteiger partial charge in [-0.3, -0.25) is 0 Å². The number of hydrogen-bond acceptors (Lipinski definition) is 1. The van der Waals surface area contributed by atoms with E-state index in [1.807, 2.05) is 6.07 Å². The summed E-state index contributed by atoms with van der Waals surface area (Å²) in [6.07, 6.45) is 2.04. The Bertz CT molecular complexity index is 546. The average molecular weight is 230 g/mol. The summed E-state index contributed by atoms with van der Waals surface area (Å²) in [6, 6.07) is 7.95. The van der Waals surface area contributed by atoms with Crippen molar-refractivity contribution in [2.45, 2.75) is 40.2 Å². The minimum atomic E-state index is 0.377. The van der Waals surface area contributed by atoms with Crippen molar-refractivity contribution in [3.63, 3.8) is 0 Å². The summed E-state index contributed by atoms with van der Waals surface area (Å²) in [5.41, 5.74) is 3.68. The third-order valence-electron chi connectivity index (χ3n) is 3.37. The normalized spacial score (nSPS) is 11.0. The minimum absolute atomic E-state index is 0.377. The van der Waals surface area contributed by atoms with Gasteiger partial charge >= 0.3 is 0 Å². The third kappa shape index (κ3) is 1.88. The number of benzene rings is 1. The van der Waals surface area contributed by atoms with E-state index < -0.39 is 0 Å². The Morgan fingerprint density at radius 2 is 1.88 bits per heavy atom. The SMILES string of the molecule is CCc1cc2cccc(O)c2[n+](CC)c1CC. The maximum absolute atomic E-state index is 10.0. The van der Waals surface area contributed by atoms with Crippen molar-refractivity contribution in [3.8, 4) is 5.75 Å². The Kier molecular flexibility index (Phi) is 3.32. The Balaban J connectivity index is 2.90. The van der Waals surface area contributed by atoms with Crippen LogP contribution in [0.2, 0.25) is 0 Å². The van der Waals surface area contributed by atoms with E-state index in [-0.39, 0.29) is 0 Å². The number of rotatable bonds is 3. The summed E-state index contributed by atoms with van der Waals surface area (Å²) in [7, 11) is 0. The fourth-order valence-corrected chi connectivity index (χ4v) is 2.61. The van der Waals surface area contributed by atoms with Crippen LogP contribution in [0.5, 0.6) is 5.75 Å². The topological polar surface area (TPSA) is 24.1 Å². The predicted octanol–water partition coefficient (Wildman–Crippen LogP) is 2.98. The number of hydrogen-bond donors (Lipinski definition) is 1. The maximum Gasteiger partial charge on any atom is 0.254 e. The summed E-state index contributed by atoms with van der Waals surface area (Å²) < 4.78 is 2.24. The molecule has 1 N–H and O–H groups in total. The zero-order valence-corrected chi connectivity index (χ0v) is 10.8. The summed E-state index contributed by atoms with van der Waals surface area (Å²) in [5, 5.41) is 11.2. The second-order valence-electron chi connectivity index (χ2n) is 4.28. The molecule has 0 fully saturated rings. The van der Waals surface area contributed by atoms with Crippen molar-refractivity contribution < 1.29 is 9.67 Å². The monoisotopic (exact) mass is 230 g/mol. The molecule has 90 valence electrons. The number of para-hydroxylation sites is 1. The van der Waals surface area contributed by atoms with Gasteiger partial charge in [-0.2, -0.15) is 4.57 Å². The van der Waals surface area contributed by atoms with Crippen LogP contribution in [-0.4, -0.2) is 5.11 Å². The van der Waals surface area contributed by atoms with Gasteiger partial charge in [-0.15, -0.1) is 0 Å². The Morgan fingerprint density at radius 3 is 2.47 bits per heavy atom. The fraction of sp³-hybridized carbons (Fsp3) is 0.400. The van der Waals surface area contributed by atoms with Gasteiger partial charge in [0, 0.05) is 12.0 Å². The molecule has 0 radical (unpaired) electrons. The van der Waals surface area contributed by atoms with Gasteiger partial charge in [0.1, 0.15) is 6.54 Å². The van der Waals surface area contributed by atoms with E-state index >= 15 is 0 Å². The van der Waals surface area contributed by atoms with E-state index in [0.717, 1.165) is 30.3 Å². The van der Waals surface area contributed by atoms with Gasteiger partial charge in [0.15, 0.2) is 11.4 Å². The Hall–Kier alpha value is -1.57. The third-order valence-corrected chi connectivity index (χ3v) is 3.37. The van der Waals surface area contributed by atoms with Crippen molar-refractivity contribution in [2.24, 2.45) is 0 Å². The molecule has 0 aliphatic heterocycles. The fourth-order valence-electron chi connectivity index (χ4n) is 2.61. The second kappa shape index (κ2) is 4.74. The maximum atomic E-state index is 10.0. The van der Waals surface area contributed by atoms with E-state index in [1.54, 1.807) is 6.07 Å². The number of fused-ring (bicyclic) bond motifs is 1. The van der Waals surface area contributed by atoms with Gasteiger partial charge in [-0.05, 0) is 31.5 Å². The van der Waals surface area contributed by atoms with Crippen LogP contribution in [0.4, 0.5) is 0 Å². The van der Waals surface area contributed by atoms with Gasteiger partial charge in [0.2, 0.25) is 0 Å². The molecule has 1 heterocycles. The summed E-state index contributed by atoms with van der Waals surface area (Å²) in [5.74, 6) is 0.377. The van der Waals surface area contributed by atoms with Crippen LogP contribution in [0.1, 0.15) is 32.0 Å². The first-order valence-corrected chi connectivity index (χ1v) is 6.39. The highest BCUT2D eigenvalue weighted by atomic mass is 16.3. The molecule has 0 saturated carbocycles. The molecule has 0 atom stereocenters. The zero-order chi connectivity index (χ0) is 12.4. The van der Waals surface area contributed by atoms with E-state index in [1.165, 1.54) is 11.3 Å². The smallest absolute Gasteiger partial charge is 0.254 e. The molecule has 0 aliphatic rings. The lowest BCUT2D eigenvalue weighted by molar-refractivity contribution is -0.675. The minimum Gasteiger partial charge on any atom is -0.502 e. The zero-order valence-electron chi connectivity index (χ0n) is 10.8. The molecule has 0 bridgehead atoms. The number of aryl methyl sites for hydroxylation is 2. The largest absolute Gasteiger partial charge is 0.502 e. The number of nitrogens with zero attached hydrogens (tertiary/aromatic N) is 1. The highest BCUT2D eigenvalue weighted by Gasteiger charge is 2.19. The molecule has 2 heteroatoms. The summed E-state index contributed by atoms with van der Waals surface area (Å²) >= 11 is 0. The quantitative estimate of drug-likeness (QED) is 0.805. The highest BCUT2D eigenvalue weighted by Crippen LogP contribution is 2.23. The molecule has 17 heavy (non-hydrogen) atoms. The molecule has 0 unspecified atom stereocenters. The molecule has 2 nitrogen and oxygen atoms in total. The first kappa shape index (κ1) is 11.9. The summed E-state index contributed by atoms with van der Waals surface area (Å²) in [6.45, 7) is 7.38.